The summed E-state index contributed by atoms with van der Waals surface area (Å²) in [5.74, 6) is 0.445. The molecule has 152 valence electrons. The lowest BCUT2D eigenvalue weighted by Gasteiger charge is -2.20. The summed E-state index contributed by atoms with van der Waals surface area (Å²) >= 11 is 0. The first-order valence-corrected chi connectivity index (χ1v) is 10.7. The number of rotatable bonds is 8. The van der Waals surface area contributed by atoms with Crippen LogP contribution in [-0.2, 0) is 16.6 Å². The highest BCUT2D eigenvalue weighted by molar-refractivity contribution is 7.89. The molecule has 0 fully saturated rings. The number of nitrogens with zero attached hydrogens (tertiary/aromatic N) is 3. The Labute approximate surface area is 167 Å². The van der Waals surface area contributed by atoms with Gasteiger partial charge >= 0.3 is 0 Å². The van der Waals surface area contributed by atoms with Gasteiger partial charge in [-0.2, -0.15) is 4.31 Å². The molecule has 1 N–H and O–H groups in total. The van der Waals surface area contributed by atoms with Crippen LogP contribution in [0.4, 0.5) is 5.82 Å². The lowest BCUT2D eigenvalue weighted by molar-refractivity contribution is 0.0950. The highest BCUT2D eigenvalue weighted by atomic mass is 32.2. The molecule has 28 heavy (non-hydrogen) atoms. The molecule has 2 aromatic rings. The number of pyridine rings is 1. The minimum Gasteiger partial charge on any atom is -0.362 e. The molecule has 0 saturated carbocycles. The van der Waals surface area contributed by atoms with Gasteiger partial charge in [0.1, 0.15) is 5.82 Å². The molecule has 1 heterocycles. The molecular weight excluding hydrogens is 376 g/mol. The summed E-state index contributed by atoms with van der Waals surface area (Å²) in [5, 5.41) is 2.85. The number of amides is 1. The molecule has 7 nitrogen and oxygen atoms in total. The second-order valence-corrected chi connectivity index (χ2v) is 8.54. The van der Waals surface area contributed by atoms with Gasteiger partial charge in [-0.05, 0) is 30.7 Å². The number of carbonyl (C=O) groups is 1. The van der Waals surface area contributed by atoms with E-state index in [1.165, 1.54) is 10.4 Å². The van der Waals surface area contributed by atoms with Crippen molar-refractivity contribution in [3.63, 3.8) is 0 Å². The van der Waals surface area contributed by atoms with E-state index in [0.717, 1.165) is 11.4 Å². The molecule has 1 aromatic carbocycles. The third kappa shape index (κ3) is 4.69. The first-order valence-electron chi connectivity index (χ1n) is 9.22. The molecule has 0 bridgehead atoms. The molecule has 0 aliphatic heterocycles. The van der Waals surface area contributed by atoms with Crippen molar-refractivity contribution in [2.45, 2.75) is 32.2 Å². The summed E-state index contributed by atoms with van der Waals surface area (Å²) in [4.78, 5) is 19.0. The Balaban J connectivity index is 2.26. The number of aromatic nitrogens is 1. The predicted octanol–water partition coefficient (Wildman–Crippen LogP) is 2.42. The normalized spacial score (nSPS) is 11.5. The van der Waals surface area contributed by atoms with Crippen LogP contribution < -0.4 is 10.2 Å². The maximum Gasteiger partial charge on any atom is 0.251 e. The van der Waals surface area contributed by atoms with Crippen molar-refractivity contribution >= 4 is 21.7 Å². The Hall–Kier alpha value is -2.45. The smallest absolute Gasteiger partial charge is 0.251 e. The van der Waals surface area contributed by atoms with Gasteiger partial charge in [0.15, 0.2) is 0 Å². The summed E-state index contributed by atoms with van der Waals surface area (Å²) in [6, 6.07) is 8.47. The van der Waals surface area contributed by atoms with Crippen LogP contribution in [0, 0.1) is 6.92 Å². The predicted molar refractivity (Wildman–Crippen MR) is 111 cm³/mol. The molecule has 0 unspecified atom stereocenters. The second kappa shape index (κ2) is 9.16. The number of hydrogen-bond donors (Lipinski definition) is 1. The number of sulfonamides is 1. The van der Waals surface area contributed by atoms with Crippen molar-refractivity contribution in [1.29, 1.82) is 0 Å². The summed E-state index contributed by atoms with van der Waals surface area (Å²) in [7, 11) is 0.137. The highest BCUT2D eigenvalue weighted by Crippen LogP contribution is 2.22. The van der Waals surface area contributed by atoms with Crippen LogP contribution in [-0.4, -0.2) is 50.8 Å². The lowest BCUT2D eigenvalue weighted by Crippen LogP contribution is -2.31. The van der Waals surface area contributed by atoms with Gasteiger partial charge in [0.25, 0.3) is 5.91 Å². The topological polar surface area (TPSA) is 82.6 Å². The van der Waals surface area contributed by atoms with E-state index >= 15 is 0 Å². The first-order chi connectivity index (χ1) is 13.2. The number of nitrogens with one attached hydrogen (secondary N) is 1. The number of carbonyl (C=O) groups excluding carboxylic acids is 1. The lowest BCUT2D eigenvalue weighted by atomic mass is 10.1. The molecule has 0 atom stereocenters. The molecule has 0 spiro atoms. The van der Waals surface area contributed by atoms with Gasteiger partial charge in [0.2, 0.25) is 10.0 Å². The largest absolute Gasteiger partial charge is 0.362 e. The van der Waals surface area contributed by atoms with E-state index in [2.05, 4.69) is 10.3 Å². The molecule has 1 aromatic heterocycles. The Morgan fingerprint density at radius 2 is 1.82 bits per heavy atom. The van der Waals surface area contributed by atoms with Gasteiger partial charge < -0.3 is 10.2 Å². The maximum absolute atomic E-state index is 12.9. The fourth-order valence-electron chi connectivity index (χ4n) is 2.97. The van der Waals surface area contributed by atoms with E-state index in [0.29, 0.717) is 30.8 Å². The maximum atomic E-state index is 12.9. The highest BCUT2D eigenvalue weighted by Gasteiger charge is 2.24. The standard InChI is InChI=1S/C20H28N4O3S/c1-6-24(7-2)28(26,27)18-13-16(11-10-15(18)3)20(25)22-14-17-9-8-12-21-19(17)23(4)5/h8-13H,6-7,14H2,1-5H3,(H,22,25). The van der Waals surface area contributed by atoms with E-state index in [1.54, 1.807) is 39.1 Å². The monoisotopic (exact) mass is 404 g/mol. The SMILES string of the molecule is CCN(CC)S(=O)(=O)c1cc(C(=O)NCc2cccnc2N(C)C)ccc1C. The average Bonchev–Trinajstić information content (AvgIpc) is 2.67. The number of anilines is 1. The molecule has 8 heteroatoms. The quantitative estimate of drug-likeness (QED) is 0.731. The van der Waals surface area contributed by atoms with Crippen molar-refractivity contribution in [2.75, 3.05) is 32.1 Å². The molecule has 0 radical (unpaired) electrons. The second-order valence-electron chi connectivity index (χ2n) is 6.63. The van der Waals surface area contributed by atoms with E-state index < -0.39 is 10.0 Å². The zero-order chi connectivity index (χ0) is 20.9. The minimum absolute atomic E-state index is 0.166. The van der Waals surface area contributed by atoms with Crippen molar-refractivity contribution in [3.05, 3.63) is 53.2 Å². The van der Waals surface area contributed by atoms with Crippen LogP contribution in [0.1, 0.15) is 35.3 Å². The van der Waals surface area contributed by atoms with Crippen molar-refractivity contribution in [3.8, 4) is 0 Å². The van der Waals surface area contributed by atoms with Crippen LogP contribution in [0.25, 0.3) is 0 Å². The Bertz CT molecular complexity index is 938. The zero-order valence-corrected chi connectivity index (χ0v) is 17.9. The van der Waals surface area contributed by atoms with Crippen LogP contribution >= 0.6 is 0 Å². The summed E-state index contributed by atoms with van der Waals surface area (Å²) in [6.07, 6.45) is 1.70. The van der Waals surface area contributed by atoms with Crippen molar-refractivity contribution in [2.24, 2.45) is 0 Å². The van der Waals surface area contributed by atoms with Crippen molar-refractivity contribution < 1.29 is 13.2 Å². The Kier molecular flexibility index (Phi) is 7.15. The van der Waals surface area contributed by atoms with Crippen LogP contribution in [0.15, 0.2) is 41.4 Å². The van der Waals surface area contributed by atoms with Crippen LogP contribution in [0.5, 0.6) is 0 Å². The summed E-state index contributed by atoms with van der Waals surface area (Å²) in [6.45, 7) is 6.38. The number of benzene rings is 1. The third-order valence-electron chi connectivity index (χ3n) is 4.50. The summed E-state index contributed by atoms with van der Waals surface area (Å²) in [5.41, 5.74) is 1.81. The van der Waals surface area contributed by atoms with Gasteiger partial charge in [-0.15, -0.1) is 0 Å². The van der Waals surface area contributed by atoms with Gasteiger partial charge in [0, 0.05) is 51.1 Å². The minimum atomic E-state index is -3.64. The van der Waals surface area contributed by atoms with Crippen LogP contribution in [0.2, 0.25) is 0 Å². The molecule has 0 aliphatic carbocycles. The fraction of sp³-hybridized carbons (Fsp3) is 0.400. The van der Waals surface area contributed by atoms with Crippen LogP contribution in [0.3, 0.4) is 0 Å². The van der Waals surface area contributed by atoms with E-state index in [-0.39, 0.29) is 10.8 Å². The van der Waals surface area contributed by atoms with Gasteiger partial charge in [0.05, 0.1) is 4.90 Å². The zero-order valence-electron chi connectivity index (χ0n) is 17.1. The third-order valence-corrected chi connectivity index (χ3v) is 6.70. The van der Waals surface area contributed by atoms with E-state index in [9.17, 15) is 13.2 Å². The molecule has 1 amide bonds. The molecular formula is C20H28N4O3S. The number of aryl methyl sites for hydroxylation is 1. The number of hydrogen-bond acceptors (Lipinski definition) is 5. The van der Waals surface area contributed by atoms with Gasteiger partial charge in [-0.25, -0.2) is 13.4 Å². The van der Waals surface area contributed by atoms with E-state index in [1.807, 2.05) is 31.1 Å². The summed E-state index contributed by atoms with van der Waals surface area (Å²) < 4.78 is 27.1. The first kappa shape index (κ1) is 21.8. The van der Waals surface area contributed by atoms with E-state index in [4.69, 9.17) is 0 Å². The Morgan fingerprint density at radius 1 is 1.14 bits per heavy atom. The molecule has 2 rings (SSSR count). The van der Waals surface area contributed by atoms with Gasteiger partial charge in [-0.3, -0.25) is 4.79 Å². The molecule has 0 aliphatic rings. The Morgan fingerprint density at radius 3 is 2.43 bits per heavy atom. The average molecular weight is 405 g/mol. The van der Waals surface area contributed by atoms with Gasteiger partial charge in [-0.1, -0.05) is 26.0 Å². The van der Waals surface area contributed by atoms with Crippen molar-refractivity contribution in [1.82, 2.24) is 14.6 Å². The molecule has 0 saturated heterocycles. The fourth-order valence-corrected chi connectivity index (χ4v) is 4.68.